The van der Waals surface area contributed by atoms with E-state index >= 15 is 0 Å². The van der Waals surface area contributed by atoms with Crippen molar-refractivity contribution >= 4 is 10.9 Å². The van der Waals surface area contributed by atoms with Crippen LogP contribution in [0.25, 0.3) is 10.9 Å². The molecule has 0 saturated heterocycles. The van der Waals surface area contributed by atoms with E-state index in [1.54, 1.807) is 0 Å². The van der Waals surface area contributed by atoms with Crippen LogP contribution in [0, 0.1) is 13.8 Å². The minimum atomic E-state index is 1.08. The largest absolute Gasteiger partial charge is 0.253 e. The van der Waals surface area contributed by atoms with Crippen LogP contribution in [-0.4, -0.2) is 4.98 Å². The van der Waals surface area contributed by atoms with Gasteiger partial charge in [-0.05, 0) is 31.5 Å². The van der Waals surface area contributed by atoms with Gasteiger partial charge in [0, 0.05) is 11.1 Å². The lowest BCUT2D eigenvalue weighted by Crippen LogP contribution is -1.84. The predicted molar refractivity (Wildman–Crippen MR) is 85.3 cm³/mol. The van der Waals surface area contributed by atoms with Crippen molar-refractivity contribution in [3.05, 3.63) is 41.6 Å². The number of hydrogen-bond donors (Lipinski definition) is 0. The maximum Gasteiger partial charge on any atom is 0.0707 e. The number of nitrogens with zero attached hydrogens (tertiary/aromatic N) is 1. The van der Waals surface area contributed by atoms with Crippen LogP contribution in [-0.2, 0) is 0 Å². The average Bonchev–Trinajstić information content (AvgIpc) is 2.45. The number of fused-ring (bicyclic) bond motifs is 1. The minimum Gasteiger partial charge on any atom is -0.253 e. The second-order valence-corrected chi connectivity index (χ2v) is 3.09. The Morgan fingerprint density at radius 1 is 0.722 bits per heavy atom. The average molecular weight is 247 g/mol. The van der Waals surface area contributed by atoms with E-state index < -0.39 is 0 Å². The fraction of sp³-hybridized carbons (Fsp3) is 0.471. The highest BCUT2D eigenvalue weighted by Gasteiger charge is 1.96. The van der Waals surface area contributed by atoms with Crippen LogP contribution in [0.1, 0.15) is 52.8 Å². The van der Waals surface area contributed by atoms with Crippen molar-refractivity contribution in [2.24, 2.45) is 0 Å². The van der Waals surface area contributed by atoms with Crippen LogP contribution < -0.4 is 0 Å². The van der Waals surface area contributed by atoms with Crippen molar-refractivity contribution in [1.82, 2.24) is 4.98 Å². The topological polar surface area (TPSA) is 12.9 Å². The first-order valence-corrected chi connectivity index (χ1v) is 7.10. The minimum absolute atomic E-state index is 1.08. The summed E-state index contributed by atoms with van der Waals surface area (Å²) in [5.41, 5.74) is 3.46. The summed E-state index contributed by atoms with van der Waals surface area (Å²) in [6, 6.07) is 10.4. The normalized spacial score (nSPS) is 8.00. The van der Waals surface area contributed by atoms with Gasteiger partial charge in [0.25, 0.3) is 0 Å². The van der Waals surface area contributed by atoms with Gasteiger partial charge < -0.3 is 0 Å². The molecule has 0 aliphatic heterocycles. The molecule has 0 radical (unpaired) electrons. The number of pyridine rings is 1. The second-order valence-electron chi connectivity index (χ2n) is 3.09. The molecule has 18 heavy (non-hydrogen) atoms. The van der Waals surface area contributed by atoms with E-state index in [0.717, 1.165) is 11.2 Å². The standard InChI is InChI=1S/C11H11N.3C2H6/c1-8-4-3-5-11-10(8)7-6-9(2)12-11;3*1-2/h3-7H,1-2H3;3*1-2H3. The van der Waals surface area contributed by atoms with E-state index in [4.69, 9.17) is 0 Å². The van der Waals surface area contributed by atoms with E-state index in [-0.39, 0.29) is 0 Å². The molecule has 0 aliphatic carbocycles. The third-order valence-corrected chi connectivity index (χ3v) is 2.09. The number of benzene rings is 1. The van der Waals surface area contributed by atoms with Crippen LogP contribution in [0.5, 0.6) is 0 Å². The molecule has 1 aromatic heterocycles. The quantitative estimate of drug-likeness (QED) is 0.562. The molecule has 0 aliphatic rings. The molecule has 0 amide bonds. The first kappa shape index (κ1) is 19.0. The molecule has 0 unspecified atom stereocenters. The fourth-order valence-corrected chi connectivity index (χ4v) is 1.41. The molecule has 1 aromatic carbocycles. The highest BCUT2D eigenvalue weighted by molar-refractivity contribution is 5.81. The maximum absolute atomic E-state index is 4.44. The number of hydrogen-bond acceptors (Lipinski definition) is 1. The van der Waals surface area contributed by atoms with Gasteiger partial charge in [0.15, 0.2) is 0 Å². The fourth-order valence-electron chi connectivity index (χ4n) is 1.41. The molecule has 1 nitrogen and oxygen atoms in total. The molecule has 0 bridgehead atoms. The van der Waals surface area contributed by atoms with E-state index in [1.165, 1.54) is 10.9 Å². The van der Waals surface area contributed by atoms with Gasteiger partial charge in [-0.15, -0.1) is 0 Å². The van der Waals surface area contributed by atoms with Gasteiger partial charge in [0.2, 0.25) is 0 Å². The summed E-state index contributed by atoms with van der Waals surface area (Å²) < 4.78 is 0. The van der Waals surface area contributed by atoms with E-state index in [9.17, 15) is 0 Å². The Labute approximate surface area is 113 Å². The zero-order chi connectivity index (χ0) is 14.6. The van der Waals surface area contributed by atoms with Crippen molar-refractivity contribution in [1.29, 1.82) is 0 Å². The summed E-state index contributed by atoms with van der Waals surface area (Å²) in [4.78, 5) is 4.44. The van der Waals surface area contributed by atoms with Gasteiger partial charge in [-0.1, -0.05) is 59.7 Å². The highest BCUT2D eigenvalue weighted by atomic mass is 14.7. The molecule has 0 atom stereocenters. The Morgan fingerprint density at radius 2 is 1.28 bits per heavy atom. The number of aryl methyl sites for hydroxylation is 2. The molecule has 1 heteroatoms. The van der Waals surface area contributed by atoms with Gasteiger partial charge in [-0.25, -0.2) is 0 Å². The molecule has 1 heterocycles. The number of aromatic nitrogens is 1. The monoisotopic (exact) mass is 247 g/mol. The SMILES string of the molecule is CC.CC.CC.Cc1ccc2c(C)cccc2n1. The molecule has 0 N–H and O–H groups in total. The number of rotatable bonds is 0. The van der Waals surface area contributed by atoms with Crippen molar-refractivity contribution < 1.29 is 0 Å². The van der Waals surface area contributed by atoms with Crippen molar-refractivity contribution in [2.75, 3.05) is 0 Å². The van der Waals surface area contributed by atoms with Crippen LogP contribution in [0.2, 0.25) is 0 Å². The van der Waals surface area contributed by atoms with E-state index in [0.29, 0.717) is 0 Å². The summed E-state index contributed by atoms with van der Waals surface area (Å²) in [6.07, 6.45) is 0. The Bertz CT molecular complexity index is 419. The molecular weight excluding hydrogens is 218 g/mol. The highest BCUT2D eigenvalue weighted by Crippen LogP contribution is 2.15. The van der Waals surface area contributed by atoms with Gasteiger partial charge in [-0.3, -0.25) is 4.98 Å². The van der Waals surface area contributed by atoms with E-state index in [1.807, 2.05) is 54.5 Å². The Kier molecular flexibility index (Phi) is 12.8. The van der Waals surface area contributed by atoms with Crippen molar-refractivity contribution in [3.63, 3.8) is 0 Å². The van der Waals surface area contributed by atoms with E-state index in [2.05, 4.69) is 36.2 Å². The Hall–Kier alpha value is -1.37. The molecule has 2 aromatic rings. The Balaban J connectivity index is 0. The van der Waals surface area contributed by atoms with Gasteiger partial charge in [-0.2, -0.15) is 0 Å². The predicted octanol–water partition coefficient (Wildman–Crippen LogP) is 5.93. The molecule has 2 rings (SSSR count). The summed E-state index contributed by atoms with van der Waals surface area (Å²) in [7, 11) is 0. The Morgan fingerprint density at radius 3 is 1.83 bits per heavy atom. The van der Waals surface area contributed by atoms with Crippen molar-refractivity contribution in [3.8, 4) is 0 Å². The molecular formula is C17H29N. The van der Waals surface area contributed by atoms with Crippen LogP contribution >= 0.6 is 0 Å². The lowest BCUT2D eigenvalue weighted by atomic mass is 10.1. The van der Waals surface area contributed by atoms with Gasteiger partial charge in [0.05, 0.1) is 5.52 Å². The molecule has 102 valence electrons. The smallest absolute Gasteiger partial charge is 0.0707 e. The zero-order valence-electron chi connectivity index (χ0n) is 13.3. The summed E-state index contributed by atoms with van der Waals surface area (Å²) in [5, 5.41) is 1.25. The second kappa shape index (κ2) is 12.1. The van der Waals surface area contributed by atoms with Crippen molar-refractivity contribution in [2.45, 2.75) is 55.4 Å². The first-order valence-electron chi connectivity index (χ1n) is 7.10. The van der Waals surface area contributed by atoms with Crippen LogP contribution in [0.3, 0.4) is 0 Å². The molecule has 0 saturated carbocycles. The van der Waals surface area contributed by atoms with Gasteiger partial charge in [0.1, 0.15) is 0 Å². The third kappa shape index (κ3) is 5.81. The summed E-state index contributed by atoms with van der Waals surface area (Å²) >= 11 is 0. The summed E-state index contributed by atoms with van der Waals surface area (Å²) in [6.45, 7) is 16.1. The zero-order valence-corrected chi connectivity index (χ0v) is 13.3. The maximum atomic E-state index is 4.44. The lowest BCUT2D eigenvalue weighted by Gasteiger charge is -2.00. The van der Waals surface area contributed by atoms with Gasteiger partial charge >= 0.3 is 0 Å². The summed E-state index contributed by atoms with van der Waals surface area (Å²) in [5.74, 6) is 0. The third-order valence-electron chi connectivity index (χ3n) is 2.09. The molecule has 0 fully saturated rings. The first-order chi connectivity index (χ1) is 8.77. The molecule has 0 spiro atoms. The lowest BCUT2D eigenvalue weighted by molar-refractivity contribution is 1.25. The van der Waals surface area contributed by atoms with Crippen LogP contribution in [0.4, 0.5) is 0 Å². The van der Waals surface area contributed by atoms with Crippen LogP contribution in [0.15, 0.2) is 30.3 Å².